The van der Waals surface area contributed by atoms with Gasteiger partial charge in [0.25, 0.3) is 0 Å². The van der Waals surface area contributed by atoms with Crippen molar-refractivity contribution >= 4 is 31.5 Å². The summed E-state index contributed by atoms with van der Waals surface area (Å²) in [7, 11) is -2.12. The first-order valence-corrected chi connectivity index (χ1v) is 16.5. The van der Waals surface area contributed by atoms with E-state index >= 15 is 0 Å². The van der Waals surface area contributed by atoms with Gasteiger partial charge >= 0.3 is 5.97 Å². The molecule has 1 amide bonds. The standard InChI is InChI=1S/C26H36N5O5Si/c1-5-6-10-23(32)30-25-20-11-12-21(31(20)29-17-28-25)26(16-27)22(36-37(2,3)4)14-19(35-26)15-34-24(33)13-18-8-7-9-18/h11-12,14,17-19,22H,5-10,13,15H2,1-4H3,(H,28,29,30,32)/t19-,22-,26+/m1/s1. The molecule has 2 aliphatic rings. The minimum absolute atomic E-state index is 0.0115. The lowest BCUT2D eigenvalue weighted by molar-refractivity contribution is -0.150. The van der Waals surface area contributed by atoms with Crippen molar-refractivity contribution in [1.29, 1.82) is 5.26 Å². The molecular weight excluding hydrogens is 490 g/mol. The van der Waals surface area contributed by atoms with Gasteiger partial charge in [-0.25, -0.2) is 9.50 Å². The van der Waals surface area contributed by atoms with Crippen molar-refractivity contribution in [3.8, 4) is 6.07 Å². The third-order valence-corrected chi connectivity index (χ3v) is 7.67. The normalized spacial score (nSPS) is 24.0. The highest BCUT2D eigenvalue weighted by Gasteiger charge is 2.55. The molecule has 3 heterocycles. The van der Waals surface area contributed by atoms with Crippen LogP contribution in [-0.4, -0.2) is 53.6 Å². The van der Waals surface area contributed by atoms with Crippen molar-refractivity contribution in [3.63, 3.8) is 0 Å². The molecule has 0 spiro atoms. The second kappa shape index (κ2) is 11.3. The van der Waals surface area contributed by atoms with Crippen molar-refractivity contribution in [2.75, 3.05) is 11.9 Å². The molecule has 10 nitrogen and oxygen atoms in total. The van der Waals surface area contributed by atoms with Gasteiger partial charge in [-0.15, -0.1) is 0 Å². The quantitative estimate of drug-likeness (QED) is 0.342. The minimum atomic E-state index is -2.12. The number of aromatic nitrogens is 3. The Balaban J connectivity index is 1.59. The molecule has 3 atom stereocenters. The summed E-state index contributed by atoms with van der Waals surface area (Å²) >= 11 is 0. The van der Waals surface area contributed by atoms with E-state index in [1.54, 1.807) is 16.6 Å². The molecule has 199 valence electrons. The smallest absolute Gasteiger partial charge is 0.306 e. The first-order chi connectivity index (χ1) is 17.6. The molecule has 37 heavy (non-hydrogen) atoms. The zero-order valence-electron chi connectivity index (χ0n) is 22.0. The second-order valence-electron chi connectivity index (χ2n) is 10.8. The molecule has 2 aromatic heterocycles. The lowest BCUT2D eigenvalue weighted by Gasteiger charge is -2.31. The van der Waals surface area contributed by atoms with Crippen LogP contribution in [0.2, 0.25) is 19.6 Å². The summed E-state index contributed by atoms with van der Waals surface area (Å²) in [4.78, 5) is 28.9. The summed E-state index contributed by atoms with van der Waals surface area (Å²) in [5, 5.41) is 17.7. The lowest BCUT2D eigenvalue weighted by atomic mass is 9.83. The minimum Gasteiger partial charge on any atom is -0.463 e. The number of esters is 1. The van der Waals surface area contributed by atoms with E-state index in [9.17, 15) is 14.9 Å². The average Bonchev–Trinajstić information content (AvgIpc) is 3.40. The molecule has 0 aromatic carbocycles. The molecule has 1 saturated heterocycles. The van der Waals surface area contributed by atoms with Gasteiger partial charge in [-0.2, -0.15) is 10.4 Å². The topological polar surface area (TPSA) is 128 Å². The van der Waals surface area contributed by atoms with Crippen molar-refractivity contribution in [1.82, 2.24) is 14.6 Å². The number of nitriles is 1. The third-order valence-electron chi connectivity index (χ3n) is 6.71. The molecule has 1 aliphatic heterocycles. The average molecular weight is 527 g/mol. The lowest BCUT2D eigenvalue weighted by Crippen LogP contribution is -2.44. The fourth-order valence-electron chi connectivity index (χ4n) is 4.63. The van der Waals surface area contributed by atoms with Crippen LogP contribution in [-0.2, 0) is 29.1 Å². The maximum atomic E-state index is 12.3. The van der Waals surface area contributed by atoms with E-state index < -0.39 is 26.1 Å². The van der Waals surface area contributed by atoms with Crippen molar-refractivity contribution in [2.24, 2.45) is 5.92 Å². The summed E-state index contributed by atoms with van der Waals surface area (Å²) in [6.07, 6.45) is 7.63. The van der Waals surface area contributed by atoms with Crippen molar-refractivity contribution in [3.05, 3.63) is 30.6 Å². The predicted octanol–water partition coefficient (Wildman–Crippen LogP) is 4.13. The number of rotatable bonds is 11. The number of ether oxygens (including phenoxy) is 2. The summed E-state index contributed by atoms with van der Waals surface area (Å²) in [6.45, 7) is 8.15. The van der Waals surface area contributed by atoms with Gasteiger partial charge in [0.1, 0.15) is 30.6 Å². The number of hydrogen-bond donors (Lipinski definition) is 1. The number of carbonyl (C=O) groups excluding carboxylic acids is 2. The highest BCUT2D eigenvalue weighted by molar-refractivity contribution is 6.69. The molecule has 0 unspecified atom stereocenters. The summed E-state index contributed by atoms with van der Waals surface area (Å²) in [5.41, 5.74) is -0.516. The fraction of sp³-hybridized carbons (Fsp3) is 0.615. The van der Waals surface area contributed by atoms with Gasteiger partial charge in [0.05, 0.1) is 11.8 Å². The number of nitrogens with zero attached hydrogens (tertiary/aromatic N) is 4. The fourth-order valence-corrected chi connectivity index (χ4v) is 5.64. The van der Waals surface area contributed by atoms with E-state index in [1.165, 1.54) is 6.33 Å². The Morgan fingerprint density at radius 1 is 1.32 bits per heavy atom. The largest absolute Gasteiger partial charge is 0.463 e. The van der Waals surface area contributed by atoms with Crippen LogP contribution < -0.4 is 5.32 Å². The SMILES string of the molecule is CCCCC(=O)Nc1ncnn2c([C@]3(C#N)O[C@@H](COC(=O)CC4CCC4)[CH][C@H]3O[Si](C)(C)C)ccc12. The highest BCUT2D eigenvalue weighted by Crippen LogP contribution is 2.42. The van der Waals surface area contributed by atoms with E-state index in [2.05, 4.69) is 21.5 Å². The Morgan fingerprint density at radius 3 is 2.76 bits per heavy atom. The third kappa shape index (κ3) is 6.19. The molecule has 1 N–H and O–H groups in total. The van der Waals surface area contributed by atoms with Crippen LogP contribution in [0.4, 0.5) is 5.82 Å². The molecule has 1 aliphatic carbocycles. The molecule has 4 rings (SSSR count). The maximum Gasteiger partial charge on any atom is 0.306 e. The zero-order valence-corrected chi connectivity index (χ0v) is 23.0. The van der Waals surface area contributed by atoms with Gasteiger partial charge in [0, 0.05) is 19.3 Å². The van der Waals surface area contributed by atoms with Crippen LogP contribution in [0.3, 0.4) is 0 Å². The summed E-state index contributed by atoms with van der Waals surface area (Å²) < 4.78 is 19.8. The summed E-state index contributed by atoms with van der Waals surface area (Å²) in [6, 6.07) is 5.83. The van der Waals surface area contributed by atoms with Gasteiger partial charge in [0.2, 0.25) is 11.5 Å². The maximum absolute atomic E-state index is 12.3. The first-order valence-electron chi connectivity index (χ1n) is 13.1. The molecule has 2 aromatic rings. The van der Waals surface area contributed by atoms with E-state index in [0.29, 0.717) is 35.8 Å². The number of hydrogen-bond acceptors (Lipinski definition) is 8. The highest BCUT2D eigenvalue weighted by atomic mass is 28.4. The van der Waals surface area contributed by atoms with E-state index in [-0.39, 0.29) is 18.5 Å². The van der Waals surface area contributed by atoms with E-state index in [1.807, 2.05) is 33.0 Å². The van der Waals surface area contributed by atoms with E-state index in [0.717, 1.165) is 32.1 Å². The Bertz CT molecular complexity index is 1170. The number of nitrogens with one attached hydrogen (secondary N) is 1. The molecule has 11 heteroatoms. The number of unbranched alkanes of at least 4 members (excludes halogenated alkanes) is 1. The molecule has 1 radical (unpaired) electrons. The van der Waals surface area contributed by atoms with Crippen molar-refractivity contribution < 1.29 is 23.5 Å². The van der Waals surface area contributed by atoms with Crippen LogP contribution >= 0.6 is 0 Å². The van der Waals surface area contributed by atoms with Gasteiger partial charge in [-0.1, -0.05) is 19.8 Å². The Hall–Kier alpha value is -2.81. The van der Waals surface area contributed by atoms with Crippen molar-refractivity contribution in [2.45, 2.75) is 89.3 Å². The first kappa shape index (κ1) is 27.2. The van der Waals surface area contributed by atoms with Crippen LogP contribution in [0, 0.1) is 23.7 Å². The van der Waals surface area contributed by atoms with Gasteiger partial charge in [0.15, 0.2) is 14.1 Å². The molecule has 2 fully saturated rings. The van der Waals surface area contributed by atoms with Crippen LogP contribution in [0.15, 0.2) is 18.5 Å². The Labute approximate surface area is 218 Å². The Kier molecular flexibility index (Phi) is 8.31. The van der Waals surface area contributed by atoms with Gasteiger partial charge in [-0.3, -0.25) is 9.59 Å². The van der Waals surface area contributed by atoms with E-state index in [4.69, 9.17) is 13.9 Å². The number of amides is 1. The molecular formula is C26H36N5O5Si. The number of fused-ring (bicyclic) bond motifs is 1. The monoisotopic (exact) mass is 526 g/mol. The van der Waals surface area contributed by atoms with Crippen LogP contribution in [0.5, 0.6) is 0 Å². The van der Waals surface area contributed by atoms with Crippen LogP contribution in [0.1, 0.15) is 57.6 Å². The second-order valence-corrected chi connectivity index (χ2v) is 15.3. The van der Waals surface area contributed by atoms with Crippen LogP contribution in [0.25, 0.3) is 5.52 Å². The number of anilines is 1. The molecule has 1 saturated carbocycles. The Morgan fingerprint density at radius 2 is 2.11 bits per heavy atom. The molecule has 0 bridgehead atoms. The summed E-state index contributed by atoms with van der Waals surface area (Å²) in [5.74, 6) is 0.393. The zero-order chi connectivity index (χ0) is 26.6. The predicted molar refractivity (Wildman–Crippen MR) is 139 cm³/mol. The van der Waals surface area contributed by atoms with Gasteiger partial charge in [-0.05, 0) is 57.0 Å². The van der Waals surface area contributed by atoms with Gasteiger partial charge < -0.3 is 19.2 Å². The number of carbonyl (C=O) groups is 2.